The predicted octanol–water partition coefficient (Wildman–Crippen LogP) is 4.29. The average Bonchev–Trinajstić information content (AvgIpc) is 2.95. The van der Waals surface area contributed by atoms with Gasteiger partial charge in [-0.2, -0.15) is 0 Å². The van der Waals surface area contributed by atoms with Gasteiger partial charge in [-0.3, -0.25) is 0 Å². The average molecular weight is 333 g/mol. The fraction of sp³-hybridized carbons (Fsp3) is 0.143. The van der Waals surface area contributed by atoms with Crippen molar-refractivity contribution in [2.75, 3.05) is 6.61 Å². The third kappa shape index (κ3) is 4.04. The van der Waals surface area contributed by atoms with E-state index in [1.807, 2.05) is 62.4 Å². The van der Waals surface area contributed by atoms with Gasteiger partial charge >= 0.3 is 5.97 Å². The number of carbonyl (C=O) groups is 1. The Balaban J connectivity index is 1.89. The number of hydrogen-bond acceptors (Lipinski definition) is 4. The molecule has 3 rings (SSSR count). The number of esters is 1. The Hall–Kier alpha value is -3.14. The van der Waals surface area contributed by atoms with Gasteiger partial charge in [-0.05, 0) is 43.7 Å². The van der Waals surface area contributed by atoms with Gasteiger partial charge in [0.15, 0.2) is 5.70 Å². The van der Waals surface area contributed by atoms with Crippen LogP contribution in [0.4, 0.5) is 0 Å². The molecule has 2 aromatic rings. The lowest BCUT2D eigenvalue weighted by atomic mass is 10.1. The van der Waals surface area contributed by atoms with E-state index in [2.05, 4.69) is 11.6 Å². The first kappa shape index (κ1) is 16.7. The highest BCUT2D eigenvalue weighted by atomic mass is 16.6. The predicted molar refractivity (Wildman–Crippen MR) is 98.5 cm³/mol. The topological polar surface area (TPSA) is 47.9 Å². The van der Waals surface area contributed by atoms with E-state index in [-0.39, 0.29) is 5.70 Å². The number of rotatable bonds is 5. The molecule has 0 atom stereocenters. The monoisotopic (exact) mass is 333 g/mol. The van der Waals surface area contributed by atoms with Crippen LogP contribution in [0.3, 0.4) is 0 Å². The molecular formula is C21H19NO3. The standard InChI is InChI=1S/C21H19NO3/c1-14(2)13-24-19-7-5-4-6-17(19)12-18-21(23)25-20(22-18)16-10-8-15(3)9-11-16/h4-12H,1,13H2,2-3H3/b18-12-. The van der Waals surface area contributed by atoms with Crippen molar-refractivity contribution in [2.24, 2.45) is 4.99 Å². The maximum Gasteiger partial charge on any atom is 0.363 e. The lowest BCUT2D eigenvalue weighted by Gasteiger charge is -2.08. The fourth-order valence-corrected chi connectivity index (χ4v) is 2.31. The number of aliphatic imine (C=N–C) groups is 1. The second kappa shape index (κ2) is 7.18. The van der Waals surface area contributed by atoms with Crippen LogP contribution in [0.5, 0.6) is 5.75 Å². The van der Waals surface area contributed by atoms with Gasteiger partial charge in [0.05, 0.1) is 0 Å². The number of aryl methyl sites for hydroxylation is 1. The Bertz CT molecular complexity index is 876. The Morgan fingerprint density at radius 1 is 1.20 bits per heavy atom. The minimum atomic E-state index is -0.467. The van der Waals surface area contributed by atoms with E-state index in [1.54, 1.807) is 6.08 Å². The van der Waals surface area contributed by atoms with Crippen LogP contribution in [-0.4, -0.2) is 18.5 Å². The lowest BCUT2D eigenvalue weighted by molar-refractivity contribution is -0.129. The highest BCUT2D eigenvalue weighted by Crippen LogP contribution is 2.25. The van der Waals surface area contributed by atoms with Crippen molar-refractivity contribution in [2.45, 2.75) is 13.8 Å². The maximum absolute atomic E-state index is 12.1. The zero-order valence-electron chi connectivity index (χ0n) is 14.3. The first-order chi connectivity index (χ1) is 12.0. The SMILES string of the molecule is C=C(C)COc1ccccc1/C=C1\N=C(c2ccc(C)cc2)OC1=O. The third-order valence-electron chi connectivity index (χ3n) is 3.60. The van der Waals surface area contributed by atoms with E-state index in [0.29, 0.717) is 18.3 Å². The number of benzene rings is 2. The van der Waals surface area contributed by atoms with Crippen LogP contribution < -0.4 is 4.74 Å². The number of ether oxygens (including phenoxy) is 2. The van der Waals surface area contributed by atoms with Gasteiger partial charge in [0, 0.05) is 11.1 Å². The zero-order valence-corrected chi connectivity index (χ0v) is 14.3. The quantitative estimate of drug-likeness (QED) is 0.466. The van der Waals surface area contributed by atoms with E-state index in [0.717, 1.165) is 22.3 Å². The second-order valence-corrected chi connectivity index (χ2v) is 5.99. The van der Waals surface area contributed by atoms with Crippen LogP contribution in [0.2, 0.25) is 0 Å². The minimum absolute atomic E-state index is 0.252. The highest BCUT2D eigenvalue weighted by molar-refractivity contribution is 6.12. The minimum Gasteiger partial charge on any atom is -0.489 e. The molecule has 25 heavy (non-hydrogen) atoms. The molecule has 0 spiro atoms. The second-order valence-electron chi connectivity index (χ2n) is 5.99. The van der Waals surface area contributed by atoms with Crippen LogP contribution in [0.1, 0.15) is 23.6 Å². The smallest absolute Gasteiger partial charge is 0.363 e. The molecule has 0 aliphatic carbocycles. The summed E-state index contributed by atoms with van der Waals surface area (Å²) in [7, 11) is 0. The Morgan fingerprint density at radius 3 is 2.64 bits per heavy atom. The molecule has 0 N–H and O–H groups in total. The summed E-state index contributed by atoms with van der Waals surface area (Å²) >= 11 is 0. The van der Waals surface area contributed by atoms with Crippen molar-refractivity contribution in [1.82, 2.24) is 0 Å². The van der Waals surface area contributed by atoms with Gasteiger partial charge in [-0.25, -0.2) is 9.79 Å². The molecule has 4 nitrogen and oxygen atoms in total. The van der Waals surface area contributed by atoms with Crippen LogP contribution in [0.15, 0.2) is 71.4 Å². The summed E-state index contributed by atoms with van der Waals surface area (Å²) < 4.78 is 11.0. The summed E-state index contributed by atoms with van der Waals surface area (Å²) in [4.78, 5) is 16.5. The molecular weight excluding hydrogens is 314 g/mol. The van der Waals surface area contributed by atoms with E-state index in [9.17, 15) is 4.79 Å². The van der Waals surface area contributed by atoms with Gasteiger partial charge in [0.1, 0.15) is 12.4 Å². The molecule has 0 amide bonds. The molecule has 2 aromatic carbocycles. The van der Waals surface area contributed by atoms with Gasteiger partial charge in [-0.15, -0.1) is 0 Å². The maximum atomic E-state index is 12.1. The molecule has 0 unspecified atom stereocenters. The number of carbonyl (C=O) groups excluding carboxylic acids is 1. The number of para-hydroxylation sites is 1. The van der Waals surface area contributed by atoms with Crippen molar-refractivity contribution in [3.8, 4) is 5.75 Å². The van der Waals surface area contributed by atoms with E-state index >= 15 is 0 Å². The van der Waals surface area contributed by atoms with Crippen molar-refractivity contribution in [3.05, 3.63) is 83.1 Å². The van der Waals surface area contributed by atoms with Crippen molar-refractivity contribution < 1.29 is 14.3 Å². The van der Waals surface area contributed by atoms with E-state index in [1.165, 1.54) is 0 Å². The highest BCUT2D eigenvalue weighted by Gasteiger charge is 2.24. The fourth-order valence-electron chi connectivity index (χ4n) is 2.31. The Labute approximate surface area is 147 Å². The van der Waals surface area contributed by atoms with Crippen LogP contribution in [0, 0.1) is 6.92 Å². The third-order valence-corrected chi connectivity index (χ3v) is 3.60. The summed E-state index contributed by atoms with van der Waals surface area (Å²) in [6, 6.07) is 15.1. The van der Waals surface area contributed by atoms with Gasteiger partial charge in [0.25, 0.3) is 0 Å². The summed E-state index contributed by atoms with van der Waals surface area (Å²) in [6.07, 6.45) is 1.68. The lowest BCUT2D eigenvalue weighted by Crippen LogP contribution is -2.05. The van der Waals surface area contributed by atoms with Crippen LogP contribution >= 0.6 is 0 Å². The Kier molecular flexibility index (Phi) is 4.80. The van der Waals surface area contributed by atoms with Crippen LogP contribution in [-0.2, 0) is 9.53 Å². The van der Waals surface area contributed by atoms with Gasteiger partial charge < -0.3 is 9.47 Å². The number of nitrogens with zero attached hydrogens (tertiary/aromatic N) is 1. The molecule has 0 bridgehead atoms. The molecule has 126 valence electrons. The molecule has 4 heteroatoms. The molecule has 1 aliphatic heterocycles. The molecule has 0 saturated carbocycles. The van der Waals surface area contributed by atoms with Crippen molar-refractivity contribution >= 4 is 17.9 Å². The molecule has 0 radical (unpaired) electrons. The molecule has 1 aliphatic rings. The van der Waals surface area contributed by atoms with Crippen LogP contribution in [0.25, 0.3) is 6.08 Å². The van der Waals surface area contributed by atoms with Gasteiger partial charge in [-0.1, -0.05) is 42.5 Å². The van der Waals surface area contributed by atoms with E-state index in [4.69, 9.17) is 9.47 Å². The van der Waals surface area contributed by atoms with Gasteiger partial charge in [0.2, 0.25) is 5.90 Å². The van der Waals surface area contributed by atoms with Crippen molar-refractivity contribution in [3.63, 3.8) is 0 Å². The normalized spacial score (nSPS) is 15.0. The Morgan fingerprint density at radius 2 is 1.92 bits per heavy atom. The summed E-state index contributed by atoms with van der Waals surface area (Å²) in [5, 5.41) is 0. The summed E-state index contributed by atoms with van der Waals surface area (Å²) in [6.45, 7) is 8.14. The first-order valence-corrected chi connectivity index (χ1v) is 7.99. The summed E-state index contributed by atoms with van der Waals surface area (Å²) in [5.74, 6) is 0.520. The molecule has 1 heterocycles. The van der Waals surface area contributed by atoms with E-state index < -0.39 is 5.97 Å². The first-order valence-electron chi connectivity index (χ1n) is 7.99. The summed E-state index contributed by atoms with van der Waals surface area (Å²) in [5.41, 5.74) is 3.84. The molecule has 0 aromatic heterocycles. The number of cyclic esters (lactones) is 1. The zero-order chi connectivity index (χ0) is 17.8. The largest absolute Gasteiger partial charge is 0.489 e. The number of hydrogen-bond donors (Lipinski definition) is 0. The van der Waals surface area contributed by atoms with Crippen molar-refractivity contribution in [1.29, 1.82) is 0 Å². The molecule has 0 fully saturated rings. The molecule has 0 saturated heterocycles.